The van der Waals surface area contributed by atoms with Crippen LogP contribution in [0.25, 0.3) is 5.69 Å². The van der Waals surface area contributed by atoms with E-state index in [-0.39, 0.29) is 5.82 Å². The molecule has 0 aliphatic rings. The maximum absolute atomic E-state index is 13.0. The first kappa shape index (κ1) is 15.4. The minimum Gasteiger partial charge on any atom is -0.296 e. The Hall–Kier alpha value is -2.53. The van der Waals surface area contributed by atoms with Gasteiger partial charge in [0, 0.05) is 30.5 Å². The smallest absolute Gasteiger partial charge is 0.123 e. The van der Waals surface area contributed by atoms with Gasteiger partial charge in [0.05, 0.1) is 17.6 Å². The monoisotopic (exact) mass is 310 g/mol. The molecule has 0 aliphatic carbocycles. The number of rotatable bonds is 5. The van der Waals surface area contributed by atoms with Gasteiger partial charge in [-0.2, -0.15) is 5.10 Å². The predicted octanol–water partition coefficient (Wildman–Crippen LogP) is 3.35. The van der Waals surface area contributed by atoms with Gasteiger partial charge < -0.3 is 0 Å². The summed E-state index contributed by atoms with van der Waals surface area (Å²) in [5.74, 6) is -0.244. The summed E-state index contributed by atoms with van der Waals surface area (Å²) in [4.78, 5) is 6.71. The van der Waals surface area contributed by atoms with Gasteiger partial charge in [0.15, 0.2) is 0 Å². The average molecular weight is 310 g/mol. The van der Waals surface area contributed by atoms with Gasteiger partial charge >= 0.3 is 0 Å². The van der Waals surface area contributed by atoms with Crippen molar-refractivity contribution in [2.75, 3.05) is 7.05 Å². The number of aromatic nitrogens is 3. The van der Waals surface area contributed by atoms with Crippen LogP contribution in [0.2, 0.25) is 0 Å². The molecule has 0 radical (unpaired) electrons. The minimum absolute atomic E-state index is 0.244. The van der Waals surface area contributed by atoms with Gasteiger partial charge in [-0.25, -0.2) is 9.07 Å². The third kappa shape index (κ3) is 4.02. The third-order valence-electron chi connectivity index (χ3n) is 3.56. The van der Waals surface area contributed by atoms with Crippen molar-refractivity contribution >= 4 is 0 Å². The molecule has 1 aromatic carbocycles. The number of aryl methyl sites for hydroxylation is 1. The molecule has 118 valence electrons. The largest absolute Gasteiger partial charge is 0.296 e. The highest BCUT2D eigenvalue weighted by Gasteiger charge is 2.06. The zero-order valence-corrected chi connectivity index (χ0v) is 13.3. The Bertz CT molecular complexity index is 780. The first-order chi connectivity index (χ1) is 11.1. The molecule has 3 rings (SSSR count). The average Bonchev–Trinajstić information content (AvgIpc) is 2.96. The molecule has 2 aromatic heterocycles. The Balaban J connectivity index is 1.65. The maximum Gasteiger partial charge on any atom is 0.123 e. The van der Waals surface area contributed by atoms with Crippen LogP contribution in [0.3, 0.4) is 0 Å². The van der Waals surface area contributed by atoms with Gasteiger partial charge in [0.25, 0.3) is 0 Å². The molecule has 0 saturated heterocycles. The predicted molar refractivity (Wildman–Crippen MR) is 87.7 cm³/mol. The SMILES string of the molecule is Cc1cccc(CN(C)Cc2cnn(-c3ccc(F)cc3)c2)n1. The van der Waals surface area contributed by atoms with Crippen LogP contribution in [-0.4, -0.2) is 26.7 Å². The van der Waals surface area contributed by atoms with Crippen LogP contribution in [0.1, 0.15) is 17.0 Å². The number of nitrogens with zero attached hydrogens (tertiary/aromatic N) is 4. The lowest BCUT2D eigenvalue weighted by Crippen LogP contribution is -2.17. The van der Waals surface area contributed by atoms with Crippen molar-refractivity contribution in [2.45, 2.75) is 20.0 Å². The summed E-state index contributed by atoms with van der Waals surface area (Å²) in [5.41, 5.74) is 4.03. The Morgan fingerprint density at radius 2 is 1.87 bits per heavy atom. The van der Waals surface area contributed by atoms with Crippen molar-refractivity contribution < 1.29 is 4.39 Å². The molecule has 4 nitrogen and oxygen atoms in total. The summed E-state index contributed by atoms with van der Waals surface area (Å²) in [6.45, 7) is 3.55. The molecule has 0 unspecified atom stereocenters. The zero-order chi connectivity index (χ0) is 16.2. The van der Waals surface area contributed by atoms with E-state index in [9.17, 15) is 4.39 Å². The molecular formula is C18H19FN4. The molecule has 0 fully saturated rings. The Labute approximate surface area is 135 Å². The standard InChI is InChI=1S/C18H19FN4/c1-14-4-3-5-17(21-14)13-22(2)11-15-10-20-23(12-15)18-8-6-16(19)7-9-18/h3-10,12H,11,13H2,1-2H3. The van der Waals surface area contributed by atoms with Gasteiger partial charge in [0.1, 0.15) is 5.82 Å². The van der Waals surface area contributed by atoms with Gasteiger partial charge in [-0.15, -0.1) is 0 Å². The van der Waals surface area contributed by atoms with Crippen molar-refractivity contribution in [3.8, 4) is 5.69 Å². The normalized spacial score (nSPS) is 11.1. The molecular weight excluding hydrogens is 291 g/mol. The van der Waals surface area contributed by atoms with Crippen molar-refractivity contribution in [3.63, 3.8) is 0 Å². The van der Waals surface area contributed by atoms with Crippen molar-refractivity contribution in [2.24, 2.45) is 0 Å². The van der Waals surface area contributed by atoms with E-state index in [1.807, 2.05) is 37.5 Å². The molecule has 0 aliphatic heterocycles. The van der Waals surface area contributed by atoms with E-state index in [2.05, 4.69) is 22.0 Å². The second kappa shape index (κ2) is 6.71. The topological polar surface area (TPSA) is 34.0 Å². The van der Waals surface area contributed by atoms with Gasteiger partial charge in [-0.05, 0) is 50.4 Å². The van der Waals surface area contributed by atoms with Crippen LogP contribution in [0.5, 0.6) is 0 Å². The van der Waals surface area contributed by atoms with E-state index >= 15 is 0 Å². The van der Waals surface area contributed by atoms with Crippen LogP contribution < -0.4 is 0 Å². The molecule has 3 aromatic rings. The molecule has 0 N–H and O–H groups in total. The van der Waals surface area contributed by atoms with Crippen LogP contribution in [-0.2, 0) is 13.1 Å². The van der Waals surface area contributed by atoms with E-state index in [4.69, 9.17) is 0 Å². The van der Waals surface area contributed by atoms with Crippen LogP contribution in [0.4, 0.5) is 4.39 Å². The Morgan fingerprint density at radius 1 is 1.09 bits per heavy atom. The number of pyridine rings is 1. The summed E-state index contributed by atoms with van der Waals surface area (Å²) < 4.78 is 14.7. The van der Waals surface area contributed by atoms with E-state index in [1.54, 1.807) is 16.8 Å². The highest BCUT2D eigenvalue weighted by atomic mass is 19.1. The summed E-state index contributed by atoms with van der Waals surface area (Å²) in [7, 11) is 2.05. The summed E-state index contributed by atoms with van der Waals surface area (Å²) in [6.07, 6.45) is 3.80. The molecule has 0 saturated carbocycles. The summed E-state index contributed by atoms with van der Waals surface area (Å²) in [6, 6.07) is 12.4. The van der Waals surface area contributed by atoms with E-state index in [0.717, 1.165) is 35.7 Å². The van der Waals surface area contributed by atoms with Gasteiger partial charge in [-0.1, -0.05) is 6.07 Å². The molecule has 0 atom stereocenters. The lowest BCUT2D eigenvalue weighted by molar-refractivity contribution is 0.315. The summed E-state index contributed by atoms with van der Waals surface area (Å²) >= 11 is 0. The highest BCUT2D eigenvalue weighted by Crippen LogP contribution is 2.11. The fourth-order valence-corrected chi connectivity index (χ4v) is 2.51. The van der Waals surface area contributed by atoms with Crippen molar-refractivity contribution in [3.05, 3.63) is 77.6 Å². The number of benzene rings is 1. The fraction of sp³-hybridized carbons (Fsp3) is 0.222. The molecule has 23 heavy (non-hydrogen) atoms. The number of hydrogen-bond acceptors (Lipinski definition) is 3. The molecule has 5 heteroatoms. The lowest BCUT2D eigenvalue weighted by Gasteiger charge is -2.15. The summed E-state index contributed by atoms with van der Waals surface area (Å²) in [5, 5.41) is 4.34. The van der Waals surface area contributed by atoms with Crippen LogP contribution >= 0.6 is 0 Å². The first-order valence-electron chi connectivity index (χ1n) is 7.51. The second-order valence-electron chi connectivity index (χ2n) is 5.71. The Kier molecular flexibility index (Phi) is 4.48. The Morgan fingerprint density at radius 3 is 2.61 bits per heavy atom. The molecule has 0 spiro atoms. The van der Waals surface area contributed by atoms with E-state index in [1.165, 1.54) is 12.1 Å². The van der Waals surface area contributed by atoms with Gasteiger partial charge in [-0.3, -0.25) is 9.88 Å². The van der Waals surface area contributed by atoms with Crippen molar-refractivity contribution in [1.82, 2.24) is 19.7 Å². The van der Waals surface area contributed by atoms with Crippen LogP contribution in [0.15, 0.2) is 54.9 Å². The molecule has 0 amide bonds. The highest BCUT2D eigenvalue weighted by molar-refractivity contribution is 5.31. The minimum atomic E-state index is -0.244. The quantitative estimate of drug-likeness (QED) is 0.725. The lowest BCUT2D eigenvalue weighted by atomic mass is 10.2. The number of hydrogen-bond donors (Lipinski definition) is 0. The molecule has 0 bridgehead atoms. The third-order valence-corrected chi connectivity index (χ3v) is 3.56. The van der Waals surface area contributed by atoms with Gasteiger partial charge in [0.2, 0.25) is 0 Å². The molecule has 2 heterocycles. The van der Waals surface area contributed by atoms with E-state index < -0.39 is 0 Å². The van der Waals surface area contributed by atoms with Crippen molar-refractivity contribution in [1.29, 1.82) is 0 Å². The van der Waals surface area contributed by atoms with Crippen LogP contribution in [0, 0.1) is 12.7 Å². The van der Waals surface area contributed by atoms with E-state index in [0.29, 0.717) is 0 Å². The zero-order valence-electron chi connectivity index (χ0n) is 13.3. The second-order valence-corrected chi connectivity index (χ2v) is 5.71. The first-order valence-corrected chi connectivity index (χ1v) is 7.51. The number of halogens is 1. The fourth-order valence-electron chi connectivity index (χ4n) is 2.51. The maximum atomic E-state index is 13.0.